The van der Waals surface area contributed by atoms with Crippen molar-refractivity contribution in [2.75, 3.05) is 12.9 Å². The van der Waals surface area contributed by atoms with Gasteiger partial charge in [-0.2, -0.15) is 0 Å². The van der Waals surface area contributed by atoms with Crippen molar-refractivity contribution in [3.8, 4) is 0 Å². The quantitative estimate of drug-likeness (QED) is 0.874. The number of halogens is 2. The van der Waals surface area contributed by atoms with E-state index in [4.69, 9.17) is 16.3 Å². The molecule has 0 spiro atoms. The van der Waals surface area contributed by atoms with Gasteiger partial charge in [0.2, 0.25) is 10.0 Å². The summed E-state index contributed by atoms with van der Waals surface area (Å²) in [6.45, 7) is 1.69. The normalized spacial score (nSPS) is 23.6. The highest BCUT2D eigenvalue weighted by Gasteiger charge is 2.41. The molecule has 20 heavy (non-hydrogen) atoms. The Hall–Kier alpha value is -0.690. The highest BCUT2D eigenvalue weighted by molar-refractivity contribution is 7.89. The molecule has 7 heteroatoms. The van der Waals surface area contributed by atoms with E-state index in [-0.39, 0.29) is 28.8 Å². The molecule has 0 aromatic heterocycles. The summed E-state index contributed by atoms with van der Waals surface area (Å²) in [6.07, 6.45) is 0.305. The van der Waals surface area contributed by atoms with Gasteiger partial charge in [0, 0.05) is 19.1 Å². The van der Waals surface area contributed by atoms with Gasteiger partial charge < -0.3 is 4.74 Å². The molecule has 0 amide bonds. The summed E-state index contributed by atoms with van der Waals surface area (Å²) in [6, 6.07) is 4.40. The number of hydrogen-bond acceptors (Lipinski definition) is 3. The van der Waals surface area contributed by atoms with Crippen molar-refractivity contribution in [2.45, 2.75) is 31.4 Å². The number of benzene rings is 1. The van der Waals surface area contributed by atoms with Crippen molar-refractivity contribution in [1.29, 1.82) is 0 Å². The van der Waals surface area contributed by atoms with Crippen LogP contribution >= 0.6 is 11.6 Å². The average molecular weight is 322 g/mol. The molecule has 0 saturated heterocycles. The second kappa shape index (κ2) is 5.97. The molecule has 1 fully saturated rings. The SMILES string of the molecule is CO[C@H](C)CS(=O)(=O)N[C@@H]1C[C@H]1c1ccc(Cl)c(F)c1. The van der Waals surface area contributed by atoms with Crippen LogP contribution in [0, 0.1) is 5.82 Å². The molecule has 0 heterocycles. The Morgan fingerprint density at radius 3 is 2.85 bits per heavy atom. The van der Waals surface area contributed by atoms with Gasteiger partial charge in [-0.1, -0.05) is 17.7 Å². The Labute approximate surface area is 123 Å². The van der Waals surface area contributed by atoms with E-state index in [1.807, 2.05) is 0 Å². The first-order chi connectivity index (χ1) is 9.32. The molecule has 1 saturated carbocycles. The Morgan fingerprint density at radius 2 is 2.25 bits per heavy atom. The van der Waals surface area contributed by atoms with E-state index in [0.29, 0.717) is 6.42 Å². The zero-order valence-electron chi connectivity index (χ0n) is 11.3. The van der Waals surface area contributed by atoms with Gasteiger partial charge in [0.1, 0.15) is 5.82 Å². The van der Waals surface area contributed by atoms with Crippen LogP contribution in [-0.2, 0) is 14.8 Å². The molecule has 1 aromatic carbocycles. The number of sulfonamides is 1. The van der Waals surface area contributed by atoms with Gasteiger partial charge in [-0.05, 0) is 31.0 Å². The third kappa shape index (κ3) is 3.91. The summed E-state index contributed by atoms with van der Waals surface area (Å²) < 4.78 is 44.6. The van der Waals surface area contributed by atoms with E-state index in [2.05, 4.69) is 4.72 Å². The third-order valence-corrected chi connectivity index (χ3v) is 5.23. The van der Waals surface area contributed by atoms with Crippen molar-refractivity contribution in [2.24, 2.45) is 0 Å². The maximum atomic E-state index is 13.4. The summed E-state index contributed by atoms with van der Waals surface area (Å²) >= 11 is 5.62. The number of hydrogen-bond donors (Lipinski definition) is 1. The van der Waals surface area contributed by atoms with E-state index in [9.17, 15) is 12.8 Å². The predicted octanol–water partition coefficient (Wildman–Crippen LogP) is 2.29. The van der Waals surface area contributed by atoms with Crippen molar-refractivity contribution in [3.63, 3.8) is 0 Å². The van der Waals surface area contributed by atoms with Crippen molar-refractivity contribution >= 4 is 21.6 Å². The molecule has 3 atom stereocenters. The van der Waals surface area contributed by atoms with Crippen LogP contribution in [0.15, 0.2) is 18.2 Å². The van der Waals surface area contributed by atoms with E-state index >= 15 is 0 Å². The standard InChI is InChI=1S/C13H17ClFNO3S/c1-8(19-2)7-20(17,18)16-13-6-10(13)9-3-4-11(14)12(15)5-9/h3-5,8,10,13,16H,6-7H2,1-2H3/t8-,10+,13-/m1/s1. The highest BCUT2D eigenvalue weighted by Crippen LogP contribution is 2.41. The molecule has 1 aliphatic rings. The van der Waals surface area contributed by atoms with Crippen LogP contribution in [-0.4, -0.2) is 33.4 Å². The van der Waals surface area contributed by atoms with E-state index in [0.717, 1.165) is 5.56 Å². The molecule has 0 aliphatic heterocycles. The smallest absolute Gasteiger partial charge is 0.214 e. The van der Waals surface area contributed by atoms with Gasteiger partial charge in [0.25, 0.3) is 0 Å². The Kier molecular flexibility index (Phi) is 4.69. The molecule has 4 nitrogen and oxygen atoms in total. The third-order valence-electron chi connectivity index (χ3n) is 3.35. The van der Waals surface area contributed by atoms with E-state index in [1.54, 1.807) is 13.0 Å². The van der Waals surface area contributed by atoms with E-state index < -0.39 is 15.8 Å². The summed E-state index contributed by atoms with van der Waals surface area (Å²) in [4.78, 5) is 0. The highest BCUT2D eigenvalue weighted by atomic mass is 35.5. The Morgan fingerprint density at radius 1 is 1.55 bits per heavy atom. The number of ether oxygens (including phenoxy) is 1. The lowest BCUT2D eigenvalue weighted by atomic mass is 10.1. The first-order valence-corrected chi connectivity index (χ1v) is 8.33. The maximum Gasteiger partial charge on any atom is 0.214 e. The monoisotopic (exact) mass is 321 g/mol. The summed E-state index contributed by atoms with van der Waals surface area (Å²) in [7, 11) is -1.91. The molecular weight excluding hydrogens is 305 g/mol. The molecule has 1 N–H and O–H groups in total. The van der Waals surface area contributed by atoms with Crippen LogP contribution in [0.2, 0.25) is 5.02 Å². The molecule has 0 unspecified atom stereocenters. The lowest BCUT2D eigenvalue weighted by Gasteiger charge is -2.11. The molecule has 0 bridgehead atoms. The van der Waals surface area contributed by atoms with Crippen molar-refractivity contribution < 1.29 is 17.5 Å². The minimum atomic E-state index is -3.38. The minimum Gasteiger partial charge on any atom is -0.381 e. The Bertz CT molecular complexity index is 593. The number of methoxy groups -OCH3 is 1. The zero-order valence-corrected chi connectivity index (χ0v) is 12.8. The van der Waals surface area contributed by atoms with Crippen LogP contribution in [0.3, 0.4) is 0 Å². The van der Waals surface area contributed by atoms with Gasteiger partial charge in [-0.3, -0.25) is 0 Å². The van der Waals surface area contributed by atoms with Crippen LogP contribution in [0.1, 0.15) is 24.8 Å². The topological polar surface area (TPSA) is 55.4 Å². The number of nitrogens with one attached hydrogen (secondary N) is 1. The van der Waals surface area contributed by atoms with Gasteiger partial charge >= 0.3 is 0 Å². The fourth-order valence-electron chi connectivity index (χ4n) is 2.09. The van der Waals surface area contributed by atoms with Crippen molar-refractivity contribution in [1.82, 2.24) is 4.72 Å². The van der Waals surface area contributed by atoms with Crippen LogP contribution in [0.5, 0.6) is 0 Å². The zero-order chi connectivity index (χ0) is 14.9. The van der Waals surface area contributed by atoms with Crippen molar-refractivity contribution in [3.05, 3.63) is 34.6 Å². The number of rotatable bonds is 6. The van der Waals surface area contributed by atoms with E-state index in [1.165, 1.54) is 19.2 Å². The molecular formula is C13H17ClFNO3S. The summed E-state index contributed by atoms with van der Waals surface area (Å²) in [5, 5.41) is 0.0699. The molecule has 1 aliphatic carbocycles. The molecule has 2 rings (SSSR count). The lowest BCUT2D eigenvalue weighted by Crippen LogP contribution is -2.33. The summed E-state index contributed by atoms with van der Waals surface area (Å²) in [5.74, 6) is -0.554. The Balaban J connectivity index is 1.96. The van der Waals surface area contributed by atoms with Gasteiger partial charge in [0.15, 0.2) is 0 Å². The minimum absolute atomic E-state index is 0.00870. The maximum absolute atomic E-state index is 13.4. The van der Waals surface area contributed by atoms with Crippen LogP contribution in [0.25, 0.3) is 0 Å². The fraction of sp³-hybridized carbons (Fsp3) is 0.538. The van der Waals surface area contributed by atoms with Gasteiger partial charge in [-0.25, -0.2) is 17.5 Å². The molecule has 0 radical (unpaired) electrons. The van der Waals surface area contributed by atoms with Crippen LogP contribution in [0.4, 0.5) is 4.39 Å². The molecule has 112 valence electrons. The second-order valence-corrected chi connectivity index (χ2v) is 7.27. The first kappa shape index (κ1) is 15.7. The first-order valence-electron chi connectivity index (χ1n) is 6.30. The largest absolute Gasteiger partial charge is 0.381 e. The van der Waals surface area contributed by atoms with Gasteiger partial charge in [-0.15, -0.1) is 0 Å². The summed E-state index contributed by atoms with van der Waals surface area (Å²) in [5.41, 5.74) is 0.763. The van der Waals surface area contributed by atoms with Gasteiger partial charge in [0.05, 0.1) is 16.9 Å². The second-order valence-electron chi connectivity index (χ2n) is 5.07. The fourth-order valence-corrected chi connectivity index (χ4v) is 3.78. The average Bonchev–Trinajstić information content (AvgIpc) is 3.10. The lowest BCUT2D eigenvalue weighted by molar-refractivity contribution is 0.136. The van der Waals surface area contributed by atoms with Crippen LogP contribution < -0.4 is 4.72 Å². The predicted molar refractivity (Wildman–Crippen MR) is 75.9 cm³/mol. The molecule has 1 aromatic rings.